The van der Waals surface area contributed by atoms with Crippen LogP contribution < -0.4 is 15.4 Å². The predicted octanol–water partition coefficient (Wildman–Crippen LogP) is 2.74. The molecule has 0 aromatic heterocycles. The van der Waals surface area contributed by atoms with Crippen molar-refractivity contribution in [1.29, 1.82) is 5.26 Å². The molecule has 0 radical (unpaired) electrons. The molecule has 0 unspecified atom stereocenters. The summed E-state index contributed by atoms with van der Waals surface area (Å²) in [5.41, 5.74) is -0.336. The Kier molecular flexibility index (Phi) is 8.26. The summed E-state index contributed by atoms with van der Waals surface area (Å²) in [6, 6.07) is 9.35. The maximum Gasteiger partial charge on any atom is 0.273 e. The number of nitro groups is 1. The lowest BCUT2D eigenvalue weighted by Gasteiger charge is -2.26. The summed E-state index contributed by atoms with van der Waals surface area (Å²) in [5, 5.41) is 25.7. The summed E-state index contributed by atoms with van der Waals surface area (Å²) in [4.78, 5) is 22.9. The average molecular weight is 522 g/mol. The van der Waals surface area contributed by atoms with Crippen LogP contribution in [0.15, 0.2) is 53.1 Å². The van der Waals surface area contributed by atoms with Gasteiger partial charge in [-0.2, -0.15) is 9.57 Å². The fraction of sp³-hybridized carbons (Fsp3) is 0.238. The first-order valence-corrected chi connectivity index (χ1v) is 11.9. The number of carbonyl (C=O) groups excluding carboxylic acids is 1. The van der Waals surface area contributed by atoms with Gasteiger partial charge in [0.25, 0.3) is 11.6 Å². The van der Waals surface area contributed by atoms with Crippen LogP contribution in [0.1, 0.15) is 0 Å². The second-order valence-electron chi connectivity index (χ2n) is 7.07. The minimum Gasteiger partial charge on any atom is -0.494 e. The van der Waals surface area contributed by atoms with Gasteiger partial charge in [0.05, 0.1) is 52.6 Å². The summed E-state index contributed by atoms with van der Waals surface area (Å²) in [6.07, 6.45) is 1.07. The van der Waals surface area contributed by atoms with Crippen molar-refractivity contribution < 1.29 is 27.6 Å². The third-order valence-electron chi connectivity index (χ3n) is 4.93. The van der Waals surface area contributed by atoms with Gasteiger partial charge < -0.3 is 20.1 Å². The Morgan fingerprint density at radius 3 is 2.60 bits per heavy atom. The maximum atomic E-state index is 12.9. The van der Waals surface area contributed by atoms with Crippen molar-refractivity contribution in [2.24, 2.45) is 0 Å². The van der Waals surface area contributed by atoms with Gasteiger partial charge in [-0.3, -0.25) is 14.9 Å². The van der Waals surface area contributed by atoms with Crippen molar-refractivity contribution in [1.82, 2.24) is 4.31 Å². The highest BCUT2D eigenvalue weighted by Crippen LogP contribution is 2.30. The number of nitriles is 1. The zero-order valence-corrected chi connectivity index (χ0v) is 19.9. The Hall–Kier alpha value is -3.70. The molecular weight excluding hydrogens is 502 g/mol. The van der Waals surface area contributed by atoms with Gasteiger partial charge in [-0.15, -0.1) is 0 Å². The number of anilines is 2. The van der Waals surface area contributed by atoms with Crippen LogP contribution in [-0.2, 0) is 19.6 Å². The van der Waals surface area contributed by atoms with Gasteiger partial charge in [-0.25, -0.2) is 8.42 Å². The number of carbonyl (C=O) groups is 1. The van der Waals surface area contributed by atoms with Crippen molar-refractivity contribution in [3.63, 3.8) is 0 Å². The summed E-state index contributed by atoms with van der Waals surface area (Å²) in [5.74, 6) is -0.803. The molecule has 1 aliphatic heterocycles. The van der Waals surface area contributed by atoms with Crippen molar-refractivity contribution in [2.45, 2.75) is 4.90 Å². The SMILES string of the molecule is COc1cc([N+](=O)[O-])ccc1NC(=O)/C(C#N)=C\Nc1cc(S(=O)(=O)N2CCOCC2)ccc1Cl. The molecule has 2 aromatic rings. The molecule has 2 aromatic carbocycles. The third kappa shape index (κ3) is 6.06. The second kappa shape index (κ2) is 11.2. The largest absolute Gasteiger partial charge is 0.494 e. The van der Waals surface area contributed by atoms with Crippen LogP contribution in [0.2, 0.25) is 5.02 Å². The Morgan fingerprint density at radius 2 is 1.97 bits per heavy atom. The monoisotopic (exact) mass is 521 g/mol. The molecular formula is C21H20ClN5O7S. The highest BCUT2D eigenvalue weighted by atomic mass is 35.5. The van der Waals surface area contributed by atoms with Crippen molar-refractivity contribution in [3.8, 4) is 11.8 Å². The van der Waals surface area contributed by atoms with Gasteiger partial charge in [-0.05, 0) is 24.3 Å². The van der Waals surface area contributed by atoms with E-state index in [1.165, 1.54) is 41.7 Å². The summed E-state index contributed by atoms with van der Waals surface area (Å²) in [6.45, 7) is 1.03. The van der Waals surface area contributed by atoms with Gasteiger partial charge in [0.2, 0.25) is 10.0 Å². The number of rotatable bonds is 8. The van der Waals surface area contributed by atoms with Crippen LogP contribution in [-0.4, -0.2) is 57.0 Å². The van der Waals surface area contributed by atoms with E-state index in [9.17, 15) is 28.6 Å². The molecule has 1 amide bonds. The number of non-ortho nitro benzene ring substituents is 1. The van der Waals surface area contributed by atoms with Crippen molar-refractivity contribution in [3.05, 3.63) is 63.3 Å². The van der Waals surface area contributed by atoms with Crippen molar-refractivity contribution in [2.75, 3.05) is 44.0 Å². The first kappa shape index (κ1) is 25.9. The van der Waals surface area contributed by atoms with E-state index in [1.807, 2.05) is 0 Å². The first-order valence-electron chi connectivity index (χ1n) is 10.1. The number of methoxy groups -OCH3 is 1. The molecule has 35 heavy (non-hydrogen) atoms. The number of benzene rings is 2. The standard InChI is InChI=1S/C21H20ClN5O7S/c1-33-20-10-15(27(29)30)2-5-18(20)25-21(28)14(12-23)13-24-19-11-16(3-4-17(19)22)35(31,32)26-6-8-34-9-7-26/h2-5,10-11,13,24H,6-9H2,1H3,(H,25,28)/b14-13-. The maximum absolute atomic E-state index is 12.9. The molecule has 0 bridgehead atoms. The molecule has 14 heteroatoms. The van der Waals surface area contributed by atoms with Crippen LogP contribution in [0.5, 0.6) is 5.75 Å². The zero-order chi connectivity index (χ0) is 25.6. The molecule has 12 nitrogen and oxygen atoms in total. The molecule has 184 valence electrons. The molecule has 1 saturated heterocycles. The number of nitro benzene ring substituents is 1. The Morgan fingerprint density at radius 1 is 1.26 bits per heavy atom. The lowest BCUT2D eigenvalue weighted by Crippen LogP contribution is -2.40. The van der Waals surface area contributed by atoms with Gasteiger partial charge >= 0.3 is 0 Å². The molecule has 2 N–H and O–H groups in total. The fourth-order valence-electron chi connectivity index (χ4n) is 3.10. The number of sulfonamides is 1. The number of ether oxygens (including phenoxy) is 2. The van der Waals surface area contributed by atoms with E-state index in [2.05, 4.69) is 10.6 Å². The molecule has 0 saturated carbocycles. The molecule has 0 aliphatic carbocycles. The lowest BCUT2D eigenvalue weighted by molar-refractivity contribution is -0.384. The minimum absolute atomic E-state index is 0.0155. The number of nitrogens with zero attached hydrogens (tertiary/aromatic N) is 3. The van der Waals surface area contributed by atoms with E-state index in [-0.39, 0.29) is 51.4 Å². The van der Waals surface area contributed by atoms with E-state index >= 15 is 0 Å². The third-order valence-corrected chi connectivity index (χ3v) is 7.15. The quantitative estimate of drug-likeness (QED) is 0.230. The first-order chi connectivity index (χ1) is 16.7. The lowest BCUT2D eigenvalue weighted by atomic mass is 10.2. The Balaban J connectivity index is 1.80. The second-order valence-corrected chi connectivity index (χ2v) is 9.41. The topological polar surface area (TPSA) is 164 Å². The zero-order valence-electron chi connectivity index (χ0n) is 18.4. The van der Waals surface area contributed by atoms with Gasteiger partial charge in [-0.1, -0.05) is 11.6 Å². The molecule has 0 spiro atoms. The average Bonchev–Trinajstić information content (AvgIpc) is 2.85. The Bertz CT molecular complexity index is 1320. The molecule has 0 atom stereocenters. The number of amides is 1. The van der Waals surface area contributed by atoms with Crippen LogP contribution >= 0.6 is 11.6 Å². The number of hydrogen-bond acceptors (Lipinski definition) is 9. The van der Waals surface area contributed by atoms with E-state index in [1.54, 1.807) is 6.07 Å². The highest BCUT2D eigenvalue weighted by molar-refractivity contribution is 7.89. The molecule has 1 aliphatic rings. The van der Waals surface area contributed by atoms with E-state index in [4.69, 9.17) is 21.1 Å². The highest BCUT2D eigenvalue weighted by Gasteiger charge is 2.27. The van der Waals surface area contributed by atoms with Crippen LogP contribution in [0.25, 0.3) is 0 Å². The number of morpholine rings is 1. The van der Waals surface area contributed by atoms with Gasteiger partial charge in [0, 0.05) is 25.4 Å². The number of halogens is 1. The van der Waals surface area contributed by atoms with Gasteiger partial charge in [0.1, 0.15) is 17.4 Å². The van der Waals surface area contributed by atoms with E-state index in [0.29, 0.717) is 13.2 Å². The van der Waals surface area contributed by atoms with Crippen LogP contribution in [0, 0.1) is 21.4 Å². The summed E-state index contributed by atoms with van der Waals surface area (Å²) >= 11 is 6.17. The molecule has 3 rings (SSSR count). The fourth-order valence-corrected chi connectivity index (χ4v) is 4.70. The Labute approximate surface area is 205 Å². The van der Waals surface area contributed by atoms with Crippen LogP contribution in [0.4, 0.5) is 17.1 Å². The summed E-state index contributed by atoms with van der Waals surface area (Å²) < 4.78 is 37.4. The van der Waals surface area contributed by atoms with E-state index in [0.717, 1.165) is 12.3 Å². The summed E-state index contributed by atoms with van der Waals surface area (Å²) in [7, 11) is -2.52. The smallest absolute Gasteiger partial charge is 0.273 e. The number of hydrogen-bond donors (Lipinski definition) is 2. The molecule has 1 heterocycles. The van der Waals surface area contributed by atoms with Crippen LogP contribution in [0.3, 0.4) is 0 Å². The number of nitrogens with one attached hydrogen (secondary N) is 2. The van der Waals surface area contributed by atoms with Gasteiger partial charge in [0.15, 0.2) is 0 Å². The normalized spacial score (nSPS) is 14.6. The molecule has 1 fully saturated rings. The minimum atomic E-state index is -3.79. The predicted molar refractivity (Wildman–Crippen MR) is 127 cm³/mol. The van der Waals surface area contributed by atoms with E-state index < -0.39 is 20.9 Å². The van der Waals surface area contributed by atoms with Crippen molar-refractivity contribution >= 4 is 44.6 Å².